The smallest absolute Gasteiger partial charge is 0.00137 e. The minimum atomic E-state index is 0.891. The summed E-state index contributed by atoms with van der Waals surface area (Å²) in [5, 5.41) is 21.9. The number of benzene rings is 7. The Morgan fingerprint density at radius 2 is 1.11 bits per heavy atom. The molecule has 0 aliphatic heterocycles. The summed E-state index contributed by atoms with van der Waals surface area (Å²) in [5.41, 5.74) is 4.24. The molecule has 0 spiro atoms. The maximum atomic E-state index is 2.54. The van der Waals surface area contributed by atoms with Gasteiger partial charge in [-0.1, -0.05) is 127 Å². The first-order chi connectivity index (χ1) is 22.3. The topological polar surface area (TPSA) is 0 Å². The Kier molecular flexibility index (Phi) is 5.14. The predicted molar refractivity (Wildman–Crippen MR) is 198 cm³/mol. The second-order valence-corrected chi connectivity index (χ2v) is 12.6. The summed E-state index contributed by atoms with van der Waals surface area (Å²) in [7, 11) is 0. The molecule has 1 aliphatic rings. The third kappa shape index (κ3) is 3.27. The molecule has 0 N–H and O–H groups in total. The summed E-state index contributed by atoms with van der Waals surface area (Å²) in [5.74, 6) is 0. The fourth-order valence-corrected chi connectivity index (χ4v) is 8.59. The van der Waals surface area contributed by atoms with E-state index < -0.39 is 0 Å². The molecule has 0 bridgehead atoms. The van der Waals surface area contributed by atoms with Crippen LogP contribution in [0.1, 0.15) is 24.5 Å². The molecule has 0 aromatic heterocycles. The zero-order chi connectivity index (χ0) is 29.6. The van der Waals surface area contributed by atoms with Crippen LogP contribution in [-0.2, 0) is 6.42 Å². The quantitative estimate of drug-likeness (QED) is 0.146. The average Bonchev–Trinajstić information content (AvgIpc) is 3.81. The molecule has 0 nitrogen and oxygen atoms in total. The van der Waals surface area contributed by atoms with Crippen LogP contribution < -0.4 is 0 Å². The molecule has 9 aromatic carbocycles. The first-order valence-corrected chi connectivity index (χ1v) is 16.1. The van der Waals surface area contributed by atoms with E-state index in [1.165, 1.54) is 103 Å². The molecule has 9 aromatic rings. The minimum absolute atomic E-state index is 0.891. The van der Waals surface area contributed by atoms with Gasteiger partial charge in [-0.15, -0.1) is 0 Å². The number of fused-ring (bicyclic) bond motifs is 10. The third-order valence-corrected chi connectivity index (χ3v) is 10.3. The molecular weight excluding hydrogens is 540 g/mol. The van der Waals surface area contributed by atoms with Crippen molar-refractivity contribution in [1.82, 2.24) is 0 Å². The van der Waals surface area contributed by atoms with Crippen molar-refractivity contribution in [3.8, 4) is 0 Å². The minimum Gasteiger partial charge on any atom is -0.0877 e. The first-order valence-electron chi connectivity index (χ1n) is 16.1. The largest absolute Gasteiger partial charge is 0.0877 e. The highest BCUT2D eigenvalue weighted by Gasteiger charge is 2.25. The molecule has 0 amide bonds. The van der Waals surface area contributed by atoms with Crippen molar-refractivity contribution < 1.29 is 0 Å². The summed E-state index contributed by atoms with van der Waals surface area (Å²) in [6.07, 6.45) is 17.5. The van der Waals surface area contributed by atoms with Gasteiger partial charge in [-0.2, -0.15) is 0 Å². The highest BCUT2D eigenvalue weighted by Crippen LogP contribution is 2.51. The Morgan fingerprint density at radius 1 is 0.511 bits per heavy atom. The average molecular weight is 571 g/mol. The Balaban J connectivity index is 1.47. The van der Waals surface area contributed by atoms with Crippen molar-refractivity contribution in [3.63, 3.8) is 0 Å². The van der Waals surface area contributed by atoms with Crippen LogP contribution >= 0.6 is 0 Å². The maximum absolute atomic E-state index is 2.54. The fraction of sp³-hybridized carbons (Fsp3) is 0.0667. The van der Waals surface area contributed by atoms with Gasteiger partial charge in [0.1, 0.15) is 0 Å². The van der Waals surface area contributed by atoms with Crippen molar-refractivity contribution in [2.45, 2.75) is 19.8 Å². The van der Waals surface area contributed by atoms with Crippen molar-refractivity contribution in [2.24, 2.45) is 0 Å². The Hall–Kier alpha value is -5.46. The van der Waals surface area contributed by atoms with Crippen LogP contribution in [0.3, 0.4) is 0 Å². The van der Waals surface area contributed by atoms with Crippen LogP contribution in [0, 0.1) is 0 Å². The normalized spacial score (nSPS) is 14.2. The monoisotopic (exact) mass is 570 g/mol. The van der Waals surface area contributed by atoms with E-state index in [0.29, 0.717) is 0 Å². The molecule has 0 unspecified atom stereocenters. The summed E-state index contributed by atoms with van der Waals surface area (Å²) in [6, 6.07) is 37.0. The molecule has 45 heavy (non-hydrogen) atoms. The van der Waals surface area contributed by atoms with E-state index in [9.17, 15) is 0 Å². The molecular formula is C45H30. The molecule has 0 saturated carbocycles. The van der Waals surface area contributed by atoms with Gasteiger partial charge in [-0.05, 0) is 135 Å². The Morgan fingerprint density at radius 3 is 1.82 bits per heavy atom. The van der Waals surface area contributed by atoms with Gasteiger partial charge in [0.05, 0.1) is 0 Å². The van der Waals surface area contributed by atoms with Gasteiger partial charge < -0.3 is 0 Å². The Bertz CT molecular complexity index is 2800. The van der Waals surface area contributed by atoms with Crippen molar-refractivity contribution in [2.75, 3.05) is 0 Å². The van der Waals surface area contributed by atoms with Crippen LogP contribution in [0.2, 0.25) is 0 Å². The van der Waals surface area contributed by atoms with E-state index in [0.717, 1.165) is 12.8 Å². The summed E-state index contributed by atoms with van der Waals surface area (Å²) < 4.78 is 0. The molecule has 0 saturated heterocycles. The zero-order valence-electron chi connectivity index (χ0n) is 25.2. The molecule has 1 aliphatic carbocycles. The van der Waals surface area contributed by atoms with Crippen LogP contribution in [0.15, 0.2) is 140 Å². The second kappa shape index (κ2) is 9.27. The van der Waals surface area contributed by atoms with E-state index in [1.807, 2.05) is 0 Å². The van der Waals surface area contributed by atoms with Crippen LogP contribution in [0.25, 0.3) is 91.8 Å². The summed E-state index contributed by atoms with van der Waals surface area (Å²) in [4.78, 5) is 0. The van der Waals surface area contributed by atoms with Crippen molar-refractivity contribution >= 4 is 91.8 Å². The second-order valence-electron chi connectivity index (χ2n) is 12.6. The predicted octanol–water partition coefficient (Wildman–Crippen LogP) is 12.8. The van der Waals surface area contributed by atoms with Crippen molar-refractivity contribution in [1.29, 1.82) is 0 Å². The number of rotatable bonds is 4. The van der Waals surface area contributed by atoms with Crippen LogP contribution in [-0.4, -0.2) is 0 Å². The van der Waals surface area contributed by atoms with E-state index in [4.69, 9.17) is 0 Å². The lowest BCUT2D eigenvalue weighted by Crippen LogP contribution is -1.93. The first kappa shape index (κ1) is 24.9. The van der Waals surface area contributed by atoms with Gasteiger partial charge in [-0.25, -0.2) is 0 Å². The standard InChI is InChI=1S/C45H30/c1-2-3-4-5-19-33-30-18-10-11-20-31(30)41(27-14-6-7-15-27)45-40-26-38-34-22-12-21-32-28-16-8-9-17-29(28)39(42(32)34)25-37(38)35-23-13-24-36(43(35)40)44(33)45/h2-14,16-18,20-26H,15,19H2,1H3/b3-2-,5-4-. The number of hydrogen-bond acceptors (Lipinski definition) is 0. The highest BCUT2D eigenvalue weighted by atomic mass is 14.3. The summed E-state index contributed by atoms with van der Waals surface area (Å²) >= 11 is 0. The maximum Gasteiger partial charge on any atom is -0.00137 e. The lowest BCUT2D eigenvalue weighted by Gasteiger charge is -2.16. The van der Waals surface area contributed by atoms with Gasteiger partial charge in [0, 0.05) is 0 Å². The van der Waals surface area contributed by atoms with Gasteiger partial charge in [-0.3, -0.25) is 0 Å². The molecule has 10 rings (SSSR count). The van der Waals surface area contributed by atoms with E-state index >= 15 is 0 Å². The van der Waals surface area contributed by atoms with E-state index in [2.05, 4.69) is 147 Å². The number of hydrogen-bond donors (Lipinski definition) is 0. The zero-order valence-corrected chi connectivity index (χ0v) is 25.2. The van der Waals surface area contributed by atoms with Gasteiger partial charge in [0.15, 0.2) is 0 Å². The van der Waals surface area contributed by atoms with E-state index in [-0.39, 0.29) is 0 Å². The van der Waals surface area contributed by atoms with Crippen LogP contribution in [0.5, 0.6) is 0 Å². The molecule has 210 valence electrons. The van der Waals surface area contributed by atoms with Gasteiger partial charge in [0.2, 0.25) is 0 Å². The van der Waals surface area contributed by atoms with Gasteiger partial charge in [0.25, 0.3) is 0 Å². The third-order valence-electron chi connectivity index (χ3n) is 10.3. The molecule has 0 heteroatoms. The van der Waals surface area contributed by atoms with Crippen molar-refractivity contribution in [3.05, 3.63) is 151 Å². The lowest BCUT2D eigenvalue weighted by molar-refractivity contribution is 1.33. The van der Waals surface area contributed by atoms with Crippen LogP contribution in [0.4, 0.5) is 0 Å². The fourth-order valence-electron chi connectivity index (χ4n) is 8.59. The number of allylic oxidation sites excluding steroid dienone is 8. The highest BCUT2D eigenvalue weighted by molar-refractivity contribution is 6.42. The molecule has 0 fully saturated rings. The Labute approximate surface area is 261 Å². The van der Waals surface area contributed by atoms with Gasteiger partial charge >= 0.3 is 0 Å². The summed E-state index contributed by atoms with van der Waals surface area (Å²) in [6.45, 7) is 2.08. The SMILES string of the molecule is C/C=C\C=C/Cc1c2ccccc2c(C2=CC=CC2)c2c3cc4c(cc5c6ccccc6c6cccc4c65)c4cccc(c12)c43. The van der Waals surface area contributed by atoms with E-state index in [1.54, 1.807) is 0 Å². The molecule has 0 radical (unpaired) electrons. The molecule has 0 atom stereocenters. The lowest BCUT2D eigenvalue weighted by atomic mass is 9.87. The molecule has 0 heterocycles.